The zero-order valence-electron chi connectivity index (χ0n) is 5.74. The summed E-state index contributed by atoms with van der Waals surface area (Å²) in [4.78, 5) is 0. The third-order valence-corrected chi connectivity index (χ3v) is 3.97. The normalized spacial score (nSPS) is 10.9. The molecule has 0 radical (unpaired) electrons. The highest BCUT2D eigenvalue weighted by Gasteiger charge is 2.08. The summed E-state index contributed by atoms with van der Waals surface area (Å²) in [5.74, 6) is 0. The van der Waals surface area contributed by atoms with Gasteiger partial charge in [-0.1, -0.05) is 11.6 Å². The molecule has 0 spiro atoms. The smallest absolute Gasteiger partial charge is 0.0810 e. The summed E-state index contributed by atoms with van der Waals surface area (Å²) in [6.45, 7) is 0. The van der Waals surface area contributed by atoms with Crippen LogP contribution in [-0.2, 0) is 0 Å². The molecule has 1 N–H and O–H groups in total. The van der Waals surface area contributed by atoms with Crippen molar-refractivity contribution in [3.63, 3.8) is 0 Å². The Hall–Kier alpha value is 0.190. The van der Waals surface area contributed by atoms with Crippen molar-refractivity contribution in [2.24, 2.45) is 0 Å². The molecular weight excluding hydrogens is 354 g/mol. The largest absolute Gasteiger partial charge is 0.277 e. The molecule has 0 aliphatic rings. The fourth-order valence-corrected chi connectivity index (χ4v) is 2.44. The number of aromatic amines is 1. The molecule has 62 valence electrons. The maximum Gasteiger partial charge on any atom is 0.0810 e. The Labute approximate surface area is 95.9 Å². The highest BCUT2D eigenvalue weighted by atomic mass is 127. The van der Waals surface area contributed by atoms with Gasteiger partial charge in [0.2, 0.25) is 0 Å². The molecule has 0 saturated heterocycles. The Morgan fingerprint density at radius 3 is 3.08 bits per heavy atom. The number of aromatic nitrogens is 2. The van der Waals surface area contributed by atoms with Crippen molar-refractivity contribution in [3.8, 4) is 0 Å². The van der Waals surface area contributed by atoms with Crippen LogP contribution < -0.4 is 0 Å². The molecule has 5 heteroatoms. The van der Waals surface area contributed by atoms with Gasteiger partial charge in [0.1, 0.15) is 0 Å². The lowest BCUT2D eigenvalue weighted by Crippen LogP contribution is -1.79. The van der Waals surface area contributed by atoms with E-state index >= 15 is 0 Å². The van der Waals surface area contributed by atoms with Crippen molar-refractivity contribution in [1.82, 2.24) is 10.2 Å². The van der Waals surface area contributed by atoms with Gasteiger partial charge in [0.05, 0.1) is 20.3 Å². The van der Waals surface area contributed by atoms with Crippen LogP contribution in [0.4, 0.5) is 0 Å². The Balaban J connectivity index is 2.97. The van der Waals surface area contributed by atoms with Crippen LogP contribution >= 0.6 is 50.1 Å². The minimum Gasteiger partial charge on any atom is -0.277 e. The van der Waals surface area contributed by atoms with Gasteiger partial charge in [0.15, 0.2) is 0 Å². The summed E-state index contributed by atoms with van der Waals surface area (Å²) in [5, 5.41) is 8.64. The van der Waals surface area contributed by atoms with Gasteiger partial charge in [0, 0.05) is 9.86 Å². The lowest BCUT2D eigenvalue weighted by atomic mass is 10.3. The Morgan fingerprint density at radius 1 is 1.58 bits per heavy atom. The van der Waals surface area contributed by atoms with Gasteiger partial charge in [-0.05, 0) is 44.6 Å². The van der Waals surface area contributed by atoms with E-state index in [0.717, 1.165) is 24.0 Å². The summed E-state index contributed by atoms with van der Waals surface area (Å²) < 4.78 is 1.97. The maximum absolute atomic E-state index is 5.96. The SMILES string of the molecule is Clc1cc(Br)c2cn[nH]c2c1I. The number of rotatable bonds is 0. The van der Waals surface area contributed by atoms with Gasteiger partial charge < -0.3 is 0 Å². The van der Waals surface area contributed by atoms with E-state index in [1.165, 1.54) is 0 Å². The average molecular weight is 357 g/mol. The fraction of sp³-hybridized carbons (Fsp3) is 0. The fourth-order valence-electron chi connectivity index (χ4n) is 1.01. The molecule has 1 aromatic carbocycles. The van der Waals surface area contributed by atoms with Crippen LogP contribution in [-0.4, -0.2) is 10.2 Å². The van der Waals surface area contributed by atoms with E-state index in [2.05, 4.69) is 48.7 Å². The number of fused-ring (bicyclic) bond motifs is 1. The number of H-pyrrole nitrogens is 1. The van der Waals surface area contributed by atoms with Crippen LogP contribution in [0.15, 0.2) is 16.7 Å². The van der Waals surface area contributed by atoms with Gasteiger partial charge in [-0.15, -0.1) is 0 Å². The second-order valence-corrected chi connectivity index (χ2v) is 4.65. The summed E-state index contributed by atoms with van der Waals surface area (Å²) in [6, 6.07) is 1.88. The lowest BCUT2D eigenvalue weighted by molar-refractivity contribution is 1.12. The maximum atomic E-state index is 5.96. The number of benzene rings is 1. The zero-order chi connectivity index (χ0) is 8.72. The summed E-state index contributed by atoms with van der Waals surface area (Å²) in [5.41, 5.74) is 0.981. The Bertz CT molecular complexity index is 440. The van der Waals surface area contributed by atoms with E-state index in [0.29, 0.717) is 0 Å². The Morgan fingerprint density at radius 2 is 2.33 bits per heavy atom. The van der Waals surface area contributed by atoms with E-state index < -0.39 is 0 Å². The standard InChI is InChI=1S/C7H3BrClIN2/c8-4-1-5(9)6(10)7-3(4)2-11-12-7/h1-2H,(H,11,12). The highest BCUT2D eigenvalue weighted by molar-refractivity contribution is 14.1. The molecule has 1 aromatic heterocycles. The monoisotopic (exact) mass is 356 g/mol. The summed E-state index contributed by atoms with van der Waals surface area (Å²) in [7, 11) is 0. The molecule has 0 amide bonds. The molecule has 1 heterocycles. The molecule has 0 unspecified atom stereocenters. The highest BCUT2D eigenvalue weighted by Crippen LogP contribution is 2.31. The first-order chi connectivity index (χ1) is 5.70. The molecule has 0 aliphatic heterocycles. The second kappa shape index (κ2) is 3.16. The average Bonchev–Trinajstić information content (AvgIpc) is 2.48. The predicted molar refractivity (Wildman–Crippen MR) is 61.5 cm³/mol. The van der Waals surface area contributed by atoms with Gasteiger partial charge in [-0.25, -0.2) is 0 Å². The number of nitrogens with zero attached hydrogens (tertiary/aromatic N) is 1. The molecule has 0 bridgehead atoms. The third kappa shape index (κ3) is 1.25. The molecule has 2 nitrogen and oxygen atoms in total. The zero-order valence-corrected chi connectivity index (χ0v) is 10.2. The van der Waals surface area contributed by atoms with E-state index in [-0.39, 0.29) is 0 Å². The molecule has 0 fully saturated rings. The van der Waals surface area contributed by atoms with Gasteiger partial charge in [-0.3, -0.25) is 5.10 Å². The molecular formula is C7H3BrClIN2. The predicted octanol–water partition coefficient (Wildman–Crippen LogP) is 3.58. The number of halogens is 3. The summed E-state index contributed by atoms with van der Waals surface area (Å²) >= 11 is 11.6. The van der Waals surface area contributed by atoms with E-state index in [4.69, 9.17) is 11.6 Å². The number of hydrogen-bond acceptors (Lipinski definition) is 1. The second-order valence-electron chi connectivity index (χ2n) is 2.31. The molecule has 2 rings (SSSR count). The summed E-state index contributed by atoms with van der Waals surface area (Å²) in [6.07, 6.45) is 1.78. The lowest BCUT2D eigenvalue weighted by Gasteiger charge is -1.98. The minimum absolute atomic E-state index is 0.735. The van der Waals surface area contributed by atoms with Crippen LogP contribution in [0.1, 0.15) is 0 Å². The van der Waals surface area contributed by atoms with Crippen molar-refractivity contribution < 1.29 is 0 Å². The van der Waals surface area contributed by atoms with Crippen molar-refractivity contribution in [3.05, 3.63) is 25.3 Å². The van der Waals surface area contributed by atoms with Crippen molar-refractivity contribution in [1.29, 1.82) is 0 Å². The van der Waals surface area contributed by atoms with Crippen LogP contribution in [0.2, 0.25) is 5.02 Å². The van der Waals surface area contributed by atoms with E-state index in [9.17, 15) is 0 Å². The van der Waals surface area contributed by atoms with Crippen molar-refractivity contribution in [2.75, 3.05) is 0 Å². The first-order valence-corrected chi connectivity index (χ1v) is 5.41. The molecule has 0 atom stereocenters. The third-order valence-electron chi connectivity index (χ3n) is 1.58. The molecule has 12 heavy (non-hydrogen) atoms. The minimum atomic E-state index is 0.735. The van der Waals surface area contributed by atoms with Gasteiger partial charge in [0.25, 0.3) is 0 Å². The van der Waals surface area contributed by atoms with Crippen molar-refractivity contribution >= 4 is 61.0 Å². The van der Waals surface area contributed by atoms with Crippen LogP contribution in [0.3, 0.4) is 0 Å². The van der Waals surface area contributed by atoms with Crippen LogP contribution in [0.5, 0.6) is 0 Å². The topological polar surface area (TPSA) is 28.7 Å². The first-order valence-electron chi connectivity index (χ1n) is 3.16. The van der Waals surface area contributed by atoms with Gasteiger partial charge in [-0.2, -0.15) is 5.10 Å². The first kappa shape index (κ1) is 8.77. The molecule has 2 aromatic rings. The van der Waals surface area contributed by atoms with Gasteiger partial charge >= 0.3 is 0 Å². The van der Waals surface area contributed by atoms with E-state index in [1.807, 2.05) is 6.07 Å². The molecule has 0 aliphatic carbocycles. The Kier molecular flexibility index (Phi) is 2.31. The molecule has 0 saturated carbocycles. The number of hydrogen-bond donors (Lipinski definition) is 1. The van der Waals surface area contributed by atoms with Crippen LogP contribution in [0.25, 0.3) is 10.9 Å². The number of nitrogens with one attached hydrogen (secondary N) is 1. The van der Waals surface area contributed by atoms with Crippen LogP contribution in [0, 0.1) is 3.57 Å². The van der Waals surface area contributed by atoms with Crippen molar-refractivity contribution in [2.45, 2.75) is 0 Å². The quantitative estimate of drug-likeness (QED) is 0.567. The van der Waals surface area contributed by atoms with E-state index in [1.54, 1.807) is 6.20 Å².